The van der Waals surface area contributed by atoms with E-state index in [1.807, 2.05) is 0 Å². The molecule has 0 saturated heterocycles. The molecule has 0 radical (unpaired) electrons. The van der Waals surface area contributed by atoms with Crippen molar-refractivity contribution in [2.75, 3.05) is 0 Å². The molecule has 0 fully saturated rings. The molecule has 0 amide bonds. The smallest absolute Gasteiger partial charge is 0.00199 e. The van der Waals surface area contributed by atoms with E-state index in [4.69, 9.17) is 0 Å². The number of benzene rings is 7. The summed E-state index contributed by atoms with van der Waals surface area (Å²) in [5, 5.41) is 10.6. The molecule has 0 bridgehead atoms. The van der Waals surface area contributed by atoms with E-state index in [1.165, 1.54) is 76.5 Å². The third kappa shape index (κ3) is 2.32. The minimum atomic E-state index is 1.26. The topological polar surface area (TPSA) is 0 Å². The van der Waals surface area contributed by atoms with Gasteiger partial charge in [-0.05, 0) is 94.7 Å². The molecule has 7 aromatic rings. The highest BCUT2D eigenvalue weighted by Gasteiger charge is 2.23. The highest BCUT2D eigenvalue weighted by molar-refractivity contribution is 6.28. The van der Waals surface area contributed by atoms with E-state index in [0.29, 0.717) is 0 Å². The molecule has 0 N–H and O–H groups in total. The normalized spacial score (nSPS) is 12.1. The van der Waals surface area contributed by atoms with Crippen LogP contribution in [0, 0.1) is 0 Å². The molecule has 156 valence electrons. The van der Waals surface area contributed by atoms with E-state index in [-0.39, 0.29) is 0 Å². The van der Waals surface area contributed by atoms with Gasteiger partial charge in [0.05, 0.1) is 0 Å². The van der Waals surface area contributed by atoms with E-state index in [2.05, 4.69) is 121 Å². The quantitative estimate of drug-likeness (QED) is 0.228. The molecule has 0 unspecified atom stereocenters. The van der Waals surface area contributed by atoms with Gasteiger partial charge < -0.3 is 0 Å². The van der Waals surface area contributed by atoms with Crippen LogP contribution in [0.1, 0.15) is 0 Å². The predicted molar refractivity (Wildman–Crippen MR) is 146 cm³/mol. The molecule has 0 atom stereocenters. The molecule has 34 heavy (non-hydrogen) atoms. The first kappa shape index (κ1) is 18.1. The van der Waals surface area contributed by atoms with Crippen LogP contribution in [0.15, 0.2) is 121 Å². The summed E-state index contributed by atoms with van der Waals surface area (Å²) in [5.74, 6) is 0. The summed E-state index contributed by atoms with van der Waals surface area (Å²) >= 11 is 0. The maximum Gasteiger partial charge on any atom is -0.00199 e. The van der Waals surface area contributed by atoms with Crippen molar-refractivity contribution >= 4 is 43.1 Å². The van der Waals surface area contributed by atoms with Gasteiger partial charge in [0, 0.05) is 0 Å². The van der Waals surface area contributed by atoms with Gasteiger partial charge in [-0.15, -0.1) is 0 Å². The zero-order valence-electron chi connectivity index (χ0n) is 18.5. The summed E-state index contributed by atoms with van der Waals surface area (Å²) in [5.41, 5.74) is 7.96. The molecule has 8 rings (SSSR count). The molecule has 0 nitrogen and oxygen atoms in total. The Labute approximate surface area is 197 Å². The van der Waals surface area contributed by atoms with Crippen LogP contribution < -0.4 is 0 Å². The van der Waals surface area contributed by atoms with Gasteiger partial charge >= 0.3 is 0 Å². The Morgan fingerprint density at radius 3 is 1.71 bits per heavy atom. The van der Waals surface area contributed by atoms with Crippen LogP contribution in [0.2, 0.25) is 0 Å². The lowest BCUT2D eigenvalue weighted by atomic mass is 9.90. The number of hydrogen-bond acceptors (Lipinski definition) is 0. The lowest BCUT2D eigenvalue weighted by molar-refractivity contribution is 1.66. The van der Waals surface area contributed by atoms with Gasteiger partial charge in [-0.3, -0.25) is 0 Å². The fourth-order valence-corrected chi connectivity index (χ4v) is 6.05. The van der Waals surface area contributed by atoms with E-state index < -0.39 is 0 Å². The Morgan fingerprint density at radius 2 is 0.912 bits per heavy atom. The molecule has 0 heterocycles. The zero-order chi connectivity index (χ0) is 22.2. The predicted octanol–water partition coefficient (Wildman–Crippen LogP) is 9.61. The molecule has 0 aromatic heterocycles. The fraction of sp³-hybridized carbons (Fsp3) is 0. The average molecular weight is 429 g/mol. The van der Waals surface area contributed by atoms with Gasteiger partial charge in [0.15, 0.2) is 0 Å². The van der Waals surface area contributed by atoms with Crippen molar-refractivity contribution in [3.63, 3.8) is 0 Å². The summed E-state index contributed by atoms with van der Waals surface area (Å²) in [6.45, 7) is 0. The molecule has 7 aromatic carbocycles. The van der Waals surface area contributed by atoms with Crippen molar-refractivity contribution in [2.24, 2.45) is 0 Å². The molecule has 1 aliphatic rings. The van der Waals surface area contributed by atoms with Gasteiger partial charge in [-0.1, -0.05) is 103 Å². The SMILES string of the molecule is c1ccc(-c2cccc3c2ccc2c4cccc5c4c(cc32)-c2cc3ccccc3cc2-5)cc1. The van der Waals surface area contributed by atoms with Crippen molar-refractivity contribution in [2.45, 2.75) is 0 Å². The van der Waals surface area contributed by atoms with E-state index in [9.17, 15) is 0 Å². The van der Waals surface area contributed by atoms with Crippen LogP contribution in [0.5, 0.6) is 0 Å². The van der Waals surface area contributed by atoms with Crippen molar-refractivity contribution in [3.8, 4) is 33.4 Å². The van der Waals surface area contributed by atoms with Gasteiger partial charge in [0.1, 0.15) is 0 Å². The summed E-state index contributed by atoms with van der Waals surface area (Å²) in [4.78, 5) is 0. The highest BCUT2D eigenvalue weighted by atomic mass is 14.3. The highest BCUT2D eigenvalue weighted by Crippen LogP contribution is 2.51. The Bertz CT molecular complexity index is 1940. The Balaban J connectivity index is 1.52. The van der Waals surface area contributed by atoms with E-state index in [0.717, 1.165) is 0 Å². The van der Waals surface area contributed by atoms with Gasteiger partial charge in [-0.25, -0.2) is 0 Å². The van der Waals surface area contributed by atoms with Crippen molar-refractivity contribution in [1.29, 1.82) is 0 Å². The number of rotatable bonds is 1. The van der Waals surface area contributed by atoms with Crippen LogP contribution in [0.4, 0.5) is 0 Å². The zero-order valence-corrected chi connectivity index (χ0v) is 18.5. The molecule has 0 saturated carbocycles. The van der Waals surface area contributed by atoms with E-state index in [1.54, 1.807) is 0 Å². The summed E-state index contributed by atoms with van der Waals surface area (Å²) < 4.78 is 0. The first-order valence-electron chi connectivity index (χ1n) is 11.9. The van der Waals surface area contributed by atoms with Crippen molar-refractivity contribution < 1.29 is 0 Å². The minimum absolute atomic E-state index is 1.26. The van der Waals surface area contributed by atoms with Crippen LogP contribution >= 0.6 is 0 Å². The molecule has 0 spiro atoms. The molecule has 1 aliphatic carbocycles. The largest absolute Gasteiger partial charge is 0.0622 e. The molecule has 0 heteroatoms. The Kier molecular flexibility index (Phi) is 3.48. The Morgan fingerprint density at radius 1 is 0.294 bits per heavy atom. The van der Waals surface area contributed by atoms with Crippen molar-refractivity contribution in [3.05, 3.63) is 121 Å². The third-order valence-corrected chi connectivity index (χ3v) is 7.57. The van der Waals surface area contributed by atoms with Crippen LogP contribution in [0.25, 0.3) is 76.5 Å². The Hall–Kier alpha value is -4.42. The maximum atomic E-state index is 2.44. The molecular weight excluding hydrogens is 408 g/mol. The molecule has 0 aliphatic heterocycles. The first-order valence-corrected chi connectivity index (χ1v) is 11.9. The second-order valence-electron chi connectivity index (χ2n) is 9.32. The summed E-state index contributed by atoms with van der Waals surface area (Å²) in [6.07, 6.45) is 0. The third-order valence-electron chi connectivity index (χ3n) is 7.57. The lowest BCUT2D eigenvalue weighted by Crippen LogP contribution is -1.86. The van der Waals surface area contributed by atoms with Gasteiger partial charge in [-0.2, -0.15) is 0 Å². The fourth-order valence-electron chi connectivity index (χ4n) is 6.05. The average Bonchev–Trinajstić information content (AvgIpc) is 3.21. The van der Waals surface area contributed by atoms with Crippen LogP contribution in [-0.2, 0) is 0 Å². The number of fused-ring (bicyclic) bond motifs is 8. The van der Waals surface area contributed by atoms with Gasteiger partial charge in [0.25, 0.3) is 0 Å². The lowest BCUT2D eigenvalue weighted by Gasteiger charge is -2.13. The first-order chi connectivity index (χ1) is 16.9. The van der Waals surface area contributed by atoms with Crippen LogP contribution in [-0.4, -0.2) is 0 Å². The molecular formula is C34H20. The maximum absolute atomic E-state index is 2.44. The summed E-state index contributed by atoms with van der Waals surface area (Å²) in [6, 6.07) is 44.8. The van der Waals surface area contributed by atoms with E-state index >= 15 is 0 Å². The standard InChI is InChI=1S/C34H20/c1-2-8-21(9-3-1)24-12-6-13-25-26(24)16-17-27-28-14-7-15-29-30-18-22-10-4-5-11-23(22)19-31(30)33(34(28)29)20-32(25)27/h1-20H. The second-order valence-corrected chi connectivity index (χ2v) is 9.32. The van der Waals surface area contributed by atoms with Gasteiger partial charge in [0.2, 0.25) is 0 Å². The van der Waals surface area contributed by atoms with Crippen LogP contribution in [0.3, 0.4) is 0 Å². The minimum Gasteiger partial charge on any atom is -0.0622 e. The van der Waals surface area contributed by atoms with Crippen molar-refractivity contribution in [1.82, 2.24) is 0 Å². The summed E-state index contributed by atoms with van der Waals surface area (Å²) in [7, 11) is 0. The second kappa shape index (κ2) is 6.56. The number of hydrogen-bond donors (Lipinski definition) is 0. The monoisotopic (exact) mass is 428 g/mol.